The van der Waals surface area contributed by atoms with Gasteiger partial charge in [0.25, 0.3) is 0 Å². The Bertz CT molecular complexity index is 561. The second-order valence-corrected chi connectivity index (χ2v) is 3.87. The number of anilines is 1. The van der Waals surface area contributed by atoms with Gasteiger partial charge in [0.05, 0.1) is 18.0 Å². The van der Waals surface area contributed by atoms with E-state index in [9.17, 15) is 4.79 Å². The second kappa shape index (κ2) is 4.91. The van der Waals surface area contributed by atoms with Gasteiger partial charge in [0.15, 0.2) is 0 Å². The van der Waals surface area contributed by atoms with Crippen molar-refractivity contribution in [3.8, 4) is 11.3 Å². The number of ether oxygens (including phenoxy) is 1. The molecule has 0 aliphatic rings. The molecule has 3 N–H and O–H groups in total. The average Bonchev–Trinajstić information content (AvgIpc) is 2.66. The highest BCUT2D eigenvalue weighted by atomic mass is 16.5. The van der Waals surface area contributed by atoms with Gasteiger partial charge in [0.2, 0.25) is 0 Å². The molecular formula is C13H15N3O2. The Morgan fingerprint density at radius 1 is 1.44 bits per heavy atom. The molecule has 2 aromatic rings. The van der Waals surface area contributed by atoms with E-state index in [1.165, 1.54) is 0 Å². The maximum Gasteiger partial charge on any atom is 0.342 e. The van der Waals surface area contributed by atoms with Crippen molar-refractivity contribution in [3.63, 3.8) is 0 Å². The molecule has 0 aliphatic carbocycles. The molecule has 0 radical (unpaired) electrons. The Morgan fingerprint density at radius 3 is 2.72 bits per heavy atom. The number of aromatic nitrogens is 2. The quantitative estimate of drug-likeness (QED) is 0.812. The van der Waals surface area contributed by atoms with Crippen LogP contribution in [-0.4, -0.2) is 22.5 Å². The summed E-state index contributed by atoms with van der Waals surface area (Å²) in [5.41, 5.74) is 9.15. The highest BCUT2D eigenvalue weighted by Crippen LogP contribution is 2.30. The van der Waals surface area contributed by atoms with Gasteiger partial charge >= 0.3 is 5.97 Å². The third kappa shape index (κ3) is 2.07. The molecule has 5 nitrogen and oxygen atoms in total. The fourth-order valence-electron chi connectivity index (χ4n) is 1.86. The predicted molar refractivity (Wildman–Crippen MR) is 69.1 cm³/mol. The lowest BCUT2D eigenvalue weighted by molar-refractivity contribution is 0.0527. The number of hydrogen-bond acceptors (Lipinski definition) is 4. The molecule has 0 aliphatic heterocycles. The third-order valence-electron chi connectivity index (χ3n) is 2.67. The maximum absolute atomic E-state index is 11.8. The van der Waals surface area contributed by atoms with Crippen LogP contribution in [-0.2, 0) is 4.74 Å². The fraction of sp³-hybridized carbons (Fsp3) is 0.231. The molecule has 2 rings (SSSR count). The van der Waals surface area contributed by atoms with E-state index in [-0.39, 0.29) is 0 Å². The van der Waals surface area contributed by atoms with Crippen LogP contribution in [0.2, 0.25) is 0 Å². The molecule has 0 aromatic carbocycles. The highest BCUT2D eigenvalue weighted by Gasteiger charge is 2.20. The number of pyridine rings is 1. The van der Waals surface area contributed by atoms with Crippen molar-refractivity contribution in [2.45, 2.75) is 13.8 Å². The topological polar surface area (TPSA) is 81.0 Å². The minimum absolute atomic E-state index is 0.327. The van der Waals surface area contributed by atoms with E-state index in [2.05, 4.69) is 9.97 Å². The minimum atomic E-state index is -0.399. The lowest BCUT2D eigenvalue weighted by Gasteiger charge is -2.02. The molecule has 94 valence electrons. The van der Waals surface area contributed by atoms with Gasteiger partial charge in [-0.2, -0.15) is 0 Å². The first-order chi connectivity index (χ1) is 8.65. The van der Waals surface area contributed by atoms with Gasteiger partial charge in [-0.25, -0.2) is 4.79 Å². The summed E-state index contributed by atoms with van der Waals surface area (Å²) in [6.45, 7) is 3.89. The van der Waals surface area contributed by atoms with E-state index in [1.54, 1.807) is 26.2 Å². The smallest absolute Gasteiger partial charge is 0.342 e. The first-order valence-electron chi connectivity index (χ1n) is 5.70. The fourth-order valence-corrected chi connectivity index (χ4v) is 1.86. The lowest BCUT2D eigenvalue weighted by atomic mass is 10.1. The Hall–Kier alpha value is -2.30. The number of nitrogen functional groups attached to an aromatic ring is 1. The average molecular weight is 245 g/mol. The zero-order valence-electron chi connectivity index (χ0n) is 10.4. The van der Waals surface area contributed by atoms with Crippen LogP contribution in [0.25, 0.3) is 11.3 Å². The Balaban J connectivity index is 2.47. The van der Waals surface area contributed by atoms with Crippen LogP contribution >= 0.6 is 0 Å². The Kier molecular flexibility index (Phi) is 3.32. The number of hydrogen-bond donors (Lipinski definition) is 2. The normalized spacial score (nSPS) is 10.3. The SMILES string of the molecule is CCOC(=O)c1c(C)[nH]c(-c2ccncc2)c1N. The predicted octanol–water partition coefficient (Wildman–Crippen LogP) is 2.14. The van der Waals surface area contributed by atoms with E-state index in [0.717, 1.165) is 11.3 Å². The van der Waals surface area contributed by atoms with Gasteiger partial charge in [-0.15, -0.1) is 0 Å². The number of carbonyl (C=O) groups excluding carboxylic acids is 1. The van der Waals surface area contributed by atoms with Crippen LogP contribution in [0.15, 0.2) is 24.5 Å². The molecule has 0 amide bonds. The molecule has 0 saturated carbocycles. The molecule has 0 spiro atoms. The van der Waals surface area contributed by atoms with Crippen molar-refractivity contribution in [2.75, 3.05) is 12.3 Å². The van der Waals surface area contributed by atoms with Crippen LogP contribution in [0.4, 0.5) is 5.69 Å². The molecule has 0 atom stereocenters. The van der Waals surface area contributed by atoms with E-state index < -0.39 is 5.97 Å². The van der Waals surface area contributed by atoms with E-state index in [1.807, 2.05) is 12.1 Å². The minimum Gasteiger partial charge on any atom is -0.462 e. The Labute approximate surface area is 105 Å². The van der Waals surface area contributed by atoms with Crippen LogP contribution in [0.3, 0.4) is 0 Å². The van der Waals surface area contributed by atoms with Crippen LogP contribution in [0.5, 0.6) is 0 Å². The molecule has 5 heteroatoms. The summed E-state index contributed by atoms with van der Waals surface area (Å²) >= 11 is 0. The van der Waals surface area contributed by atoms with Crippen molar-refractivity contribution < 1.29 is 9.53 Å². The summed E-state index contributed by atoms with van der Waals surface area (Å²) < 4.78 is 4.99. The number of aromatic amines is 1. The standard InChI is InChI=1S/C13H15N3O2/c1-3-18-13(17)10-8(2)16-12(11(10)14)9-4-6-15-7-5-9/h4-7,16H,3,14H2,1-2H3. The summed E-state index contributed by atoms with van der Waals surface area (Å²) in [4.78, 5) is 18.9. The van der Waals surface area contributed by atoms with E-state index >= 15 is 0 Å². The molecule has 0 bridgehead atoms. The van der Waals surface area contributed by atoms with Crippen molar-refractivity contribution in [2.24, 2.45) is 0 Å². The molecule has 0 fully saturated rings. The number of nitrogens with one attached hydrogen (secondary N) is 1. The van der Waals surface area contributed by atoms with Crippen LogP contribution in [0.1, 0.15) is 23.0 Å². The monoisotopic (exact) mass is 245 g/mol. The first kappa shape index (κ1) is 12.2. The number of carbonyl (C=O) groups is 1. The molecular weight excluding hydrogens is 230 g/mol. The number of nitrogens with zero attached hydrogens (tertiary/aromatic N) is 1. The van der Waals surface area contributed by atoms with Gasteiger partial charge in [0, 0.05) is 23.7 Å². The summed E-state index contributed by atoms with van der Waals surface area (Å²) in [5, 5.41) is 0. The van der Waals surface area contributed by atoms with Gasteiger partial charge in [-0.3, -0.25) is 4.98 Å². The number of aryl methyl sites for hydroxylation is 1. The van der Waals surface area contributed by atoms with E-state index in [4.69, 9.17) is 10.5 Å². The molecule has 0 unspecified atom stereocenters. The molecule has 2 aromatic heterocycles. The maximum atomic E-state index is 11.8. The van der Waals surface area contributed by atoms with Crippen LogP contribution < -0.4 is 5.73 Å². The summed E-state index contributed by atoms with van der Waals surface area (Å²) in [6.07, 6.45) is 3.35. The third-order valence-corrected chi connectivity index (χ3v) is 2.67. The van der Waals surface area contributed by atoms with E-state index in [0.29, 0.717) is 23.6 Å². The van der Waals surface area contributed by atoms with Crippen molar-refractivity contribution in [1.82, 2.24) is 9.97 Å². The van der Waals surface area contributed by atoms with Crippen molar-refractivity contribution in [1.29, 1.82) is 0 Å². The first-order valence-corrected chi connectivity index (χ1v) is 5.70. The van der Waals surface area contributed by atoms with Gasteiger partial charge in [0.1, 0.15) is 5.56 Å². The number of esters is 1. The lowest BCUT2D eigenvalue weighted by Crippen LogP contribution is -2.07. The molecule has 18 heavy (non-hydrogen) atoms. The Morgan fingerprint density at radius 2 is 2.11 bits per heavy atom. The number of H-pyrrole nitrogens is 1. The zero-order valence-corrected chi connectivity index (χ0v) is 10.4. The number of nitrogens with two attached hydrogens (primary N) is 1. The van der Waals surface area contributed by atoms with Gasteiger partial charge in [-0.1, -0.05) is 0 Å². The summed E-state index contributed by atoms with van der Waals surface area (Å²) in [6, 6.07) is 3.66. The largest absolute Gasteiger partial charge is 0.462 e. The van der Waals surface area contributed by atoms with Gasteiger partial charge in [-0.05, 0) is 26.0 Å². The molecule has 0 saturated heterocycles. The van der Waals surface area contributed by atoms with Crippen molar-refractivity contribution >= 4 is 11.7 Å². The van der Waals surface area contributed by atoms with Crippen molar-refractivity contribution in [3.05, 3.63) is 35.8 Å². The molecule has 2 heterocycles. The van der Waals surface area contributed by atoms with Crippen LogP contribution in [0, 0.1) is 6.92 Å². The van der Waals surface area contributed by atoms with Gasteiger partial charge < -0.3 is 15.5 Å². The highest BCUT2D eigenvalue weighted by molar-refractivity contribution is 6.00. The summed E-state index contributed by atoms with van der Waals surface area (Å²) in [5.74, 6) is -0.399. The zero-order chi connectivity index (χ0) is 13.1. The second-order valence-electron chi connectivity index (χ2n) is 3.87. The number of rotatable bonds is 3. The summed E-state index contributed by atoms with van der Waals surface area (Å²) in [7, 11) is 0.